The fourth-order valence-electron chi connectivity index (χ4n) is 2.31. The van der Waals surface area contributed by atoms with Gasteiger partial charge in [-0.15, -0.1) is 0 Å². The fourth-order valence-corrected chi connectivity index (χ4v) is 2.31. The van der Waals surface area contributed by atoms with Gasteiger partial charge in [0.25, 0.3) is 5.91 Å². The van der Waals surface area contributed by atoms with E-state index < -0.39 is 0 Å². The zero-order chi connectivity index (χ0) is 13.8. The molecule has 1 amide bonds. The van der Waals surface area contributed by atoms with Gasteiger partial charge in [0, 0.05) is 30.4 Å². The lowest BCUT2D eigenvalue weighted by Crippen LogP contribution is -2.39. The van der Waals surface area contributed by atoms with Crippen LogP contribution in [0.2, 0.25) is 0 Å². The molecule has 4 heteroatoms. The van der Waals surface area contributed by atoms with Crippen molar-refractivity contribution in [1.82, 2.24) is 5.32 Å². The molecule has 2 atom stereocenters. The van der Waals surface area contributed by atoms with Crippen LogP contribution < -0.4 is 10.6 Å². The molecule has 0 aliphatic carbocycles. The van der Waals surface area contributed by atoms with Gasteiger partial charge >= 0.3 is 0 Å². The maximum Gasteiger partial charge on any atom is 0.251 e. The minimum Gasteiger partial charge on any atom is -0.396 e. The van der Waals surface area contributed by atoms with Gasteiger partial charge in [-0.25, -0.2) is 0 Å². The van der Waals surface area contributed by atoms with Crippen molar-refractivity contribution < 1.29 is 9.90 Å². The number of nitrogens with one attached hydrogen (secondary N) is 2. The Morgan fingerprint density at radius 1 is 1.47 bits per heavy atom. The van der Waals surface area contributed by atoms with E-state index in [1.54, 1.807) is 0 Å². The van der Waals surface area contributed by atoms with E-state index in [0.29, 0.717) is 0 Å². The molecule has 19 heavy (non-hydrogen) atoms. The number of fused-ring (bicyclic) bond motifs is 1. The van der Waals surface area contributed by atoms with Crippen molar-refractivity contribution in [2.45, 2.75) is 32.7 Å². The summed E-state index contributed by atoms with van der Waals surface area (Å²) in [6.07, 6.45) is 2.00. The molecule has 0 saturated carbocycles. The second-order valence-electron chi connectivity index (χ2n) is 5.28. The maximum atomic E-state index is 12.3. The predicted molar refractivity (Wildman–Crippen MR) is 76.4 cm³/mol. The van der Waals surface area contributed by atoms with Gasteiger partial charge in [0.15, 0.2) is 0 Å². The molecule has 1 aliphatic rings. The third kappa shape index (κ3) is 3.07. The summed E-state index contributed by atoms with van der Waals surface area (Å²) >= 11 is 0. The normalized spacial score (nSPS) is 17.0. The molecule has 0 radical (unpaired) electrons. The second kappa shape index (κ2) is 6.06. The van der Waals surface area contributed by atoms with Gasteiger partial charge in [0.05, 0.1) is 0 Å². The topological polar surface area (TPSA) is 61.4 Å². The first-order valence-electron chi connectivity index (χ1n) is 6.91. The van der Waals surface area contributed by atoms with Crippen molar-refractivity contribution in [3.05, 3.63) is 29.3 Å². The molecule has 0 saturated heterocycles. The summed E-state index contributed by atoms with van der Waals surface area (Å²) in [7, 11) is 0. The SMILES string of the molecule is CC(CO)C(C)NC(=O)c1cccc2c1CCCN2. The van der Waals surface area contributed by atoms with E-state index in [4.69, 9.17) is 5.11 Å². The molecule has 3 N–H and O–H groups in total. The third-order valence-corrected chi connectivity index (χ3v) is 3.84. The highest BCUT2D eigenvalue weighted by molar-refractivity contribution is 5.97. The first-order valence-corrected chi connectivity index (χ1v) is 6.91. The zero-order valence-corrected chi connectivity index (χ0v) is 11.6. The van der Waals surface area contributed by atoms with Crippen molar-refractivity contribution in [2.24, 2.45) is 5.92 Å². The van der Waals surface area contributed by atoms with Crippen molar-refractivity contribution in [1.29, 1.82) is 0 Å². The van der Waals surface area contributed by atoms with E-state index in [2.05, 4.69) is 10.6 Å². The molecule has 4 nitrogen and oxygen atoms in total. The minimum absolute atomic E-state index is 0.0371. The summed E-state index contributed by atoms with van der Waals surface area (Å²) in [5.74, 6) is 0.00923. The Balaban J connectivity index is 2.15. The lowest BCUT2D eigenvalue weighted by molar-refractivity contribution is 0.0915. The number of rotatable bonds is 4. The van der Waals surface area contributed by atoms with Crippen LogP contribution in [-0.4, -0.2) is 30.2 Å². The summed E-state index contributed by atoms with van der Waals surface area (Å²) in [6.45, 7) is 4.89. The van der Waals surface area contributed by atoms with Gasteiger partial charge in [0.1, 0.15) is 0 Å². The van der Waals surface area contributed by atoms with Crippen molar-refractivity contribution in [3.63, 3.8) is 0 Å². The molecule has 0 spiro atoms. The van der Waals surface area contributed by atoms with Crippen LogP contribution >= 0.6 is 0 Å². The maximum absolute atomic E-state index is 12.3. The van der Waals surface area contributed by atoms with Crippen LogP contribution in [0.4, 0.5) is 5.69 Å². The largest absolute Gasteiger partial charge is 0.396 e. The van der Waals surface area contributed by atoms with E-state index in [1.807, 2.05) is 32.0 Å². The van der Waals surface area contributed by atoms with E-state index in [-0.39, 0.29) is 24.5 Å². The van der Waals surface area contributed by atoms with Gasteiger partial charge in [0.2, 0.25) is 0 Å². The Morgan fingerprint density at radius 3 is 3.00 bits per heavy atom. The van der Waals surface area contributed by atoms with Gasteiger partial charge in [-0.3, -0.25) is 4.79 Å². The average Bonchev–Trinajstić information content (AvgIpc) is 2.45. The van der Waals surface area contributed by atoms with E-state index in [1.165, 1.54) is 0 Å². The molecular weight excluding hydrogens is 240 g/mol. The van der Waals surface area contributed by atoms with Crippen LogP contribution in [0.25, 0.3) is 0 Å². The number of carbonyl (C=O) groups is 1. The predicted octanol–water partition coefficient (Wildman–Crippen LogP) is 1.79. The van der Waals surface area contributed by atoms with Crippen molar-refractivity contribution in [3.8, 4) is 0 Å². The highest BCUT2D eigenvalue weighted by Gasteiger charge is 2.20. The van der Waals surface area contributed by atoms with Gasteiger partial charge in [-0.05, 0) is 43.4 Å². The van der Waals surface area contributed by atoms with Gasteiger partial charge in [-0.2, -0.15) is 0 Å². The second-order valence-corrected chi connectivity index (χ2v) is 5.28. The van der Waals surface area contributed by atoms with Crippen LogP contribution in [0.5, 0.6) is 0 Å². The van der Waals surface area contributed by atoms with Crippen LogP contribution in [0.15, 0.2) is 18.2 Å². The number of carbonyl (C=O) groups excluding carboxylic acids is 1. The standard InChI is InChI=1S/C15H22N2O2/c1-10(9-18)11(2)17-15(19)13-5-3-7-14-12(13)6-4-8-16-14/h3,5,7,10-11,16,18H,4,6,8-9H2,1-2H3,(H,17,19). The summed E-state index contributed by atoms with van der Waals surface area (Å²) in [5.41, 5.74) is 2.93. The summed E-state index contributed by atoms with van der Waals surface area (Å²) in [4.78, 5) is 12.3. The van der Waals surface area contributed by atoms with E-state index in [9.17, 15) is 4.79 Å². The molecule has 2 rings (SSSR count). The first-order chi connectivity index (χ1) is 9.13. The van der Waals surface area contributed by atoms with Crippen LogP contribution in [0, 0.1) is 5.92 Å². The first kappa shape index (κ1) is 13.9. The summed E-state index contributed by atoms with van der Waals surface area (Å²) in [6, 6.07) is 5.76. The highest BCUT2D eigenvalue weighted by atomic mass is 16.3. The van der Waals surface area contributed by atoms with E-state index in [0.717, 1.165) is 36.2 Å². The number of benzene rings is 1. The highest BCUT2D eigenvalue weighted by Crippen LogP contribution is 2.25. The number of aliphatic hydroxyl groups excluding tert-OH is 1. The van der Waals surface area contributed by atoms with Crippen LogP contribution in [0.1, 0.15) is 36.2 Å². The number of aliphatic hydroxyl groups is 1. The zero-order valence-electron chi connectivity index (χ0n) is 11.6. The van der Waals surface area contributed by atoms with Crippen molar-refractivity contribution >= 4 is 11.6 Å². The van der Waals surface area contributed by atoms with Crippen LogP contribution in [0.3, 0.4) is 0 Å². The summed E-state index contributed by atoms with van der Waals surface area (Å²) < 4.78 is 0. The molecule has 1 aromatic carbocycles. The quantitative estimate of drug-likeness (QED) is 0.775. The molecule has 2 unspecified atom stereocenters. The molecule has 104 valence electrons. The monoisotopic (exact) mass is 262 g/mol. The number of amides is 1. The molecule has 0 fully saturated rings. The Morgan fingerprint density at radius 2 is 2.26 bits per heavy atom. The molecule has 1 aromatic rings. The fraction of sp³-hybridized carbons (Fsp3) is 0.533. The third-order valence-electron chi connectivity index (χ3n) is 3.84. The molecule has 0 bridgehead atoms. The molecule has 0 aromatic heterocycles. The van der Waals surface area contributed by atoms with Crippen molar-refractivity contribution in [2.75, 3.05) is 18.5 Å². The number of anilines is 1. The smallest absolute Gasteiger partial charge is 0.251 e. The number of hydrogen-bond donors (Lipinski definition) is 3. The Kier molecular flexibility index (Phi) is 4.43. The molecule has 1 heterocycles. The van der Waals surface area contributed by atoms with Gasteiger partial charge < -0.3 is 15.7 Å². The Hall–Kier alpha value is -1.55. The lowest BCUT2D eigenvalue weighted by atomic mass is 9.96. The lowest BCUT2D eigenvalue weighted by Gasteiger charge is -2.23. The van der Waals surface area contributed by atoms with E-state index >= 15 is 0 Å². The molecule has 1 aliphatic heterocycles. The average molecular weight is 262 g/mol. The van der Waals surface area contributed by atoms with Crippen LogP contribution in [-0.2, 0) is 6.42 Å². The Bertz CT molecular complexity index is 459. The van der Waals surface area contributed by atoms with Gasteiger partial charge in [-0.1, -0.05) is 13.0 Å². The number of hydrogen-bond acceptors (Lipinski definition) is 3. The summed E-state index contributed by atoms with van der Waals surface area (Å²) in [5, 5.41) is 15.4. The minimum atomic E-state index is -0.0478. The molecular formula is C15H22N2O2. The Labute approximate surface area is 114 Å².